The molecule has 51 heavy (non-hydrogen) atoms. The van der Waals surface area contributed by atoms with E-state index in [4.69, 9.17) is 11.5 Å². The third kappa shape index (κ3) is 8.06. The molecular weight excluding hydrogens is 765 g/mol. The van der Waals surface area contributed by atoms with Crippen LogP contribution in [0.15, 0.2) is 44.6 Å². The van der Waals surface area contributed by atoms with E-state index in [0.29, 0.717) is 11.5 Å². The summed E-state index contributed by atoms with van der Waals surface area (Å²) in [4.78, 5) is 91.0. The number of hydrogen-bond acceptors (Lipinski definition) is 20. The maximum Gasteiger partial charge on any atom is 2.00 e. The molecular formula is C26H24MgN10O10S4. The molecule has 2 aromatic rings. The van der Waals surface area contributed by atoms with Crippen LogP contribution in [0.3, 0.4) is 0 Å². The Kier molecular flexibility index (Phi) is 12.9. The van der Waals surface area contributed by atoms with Gasteiger partial charge in [-0.05, 0) is 12.2 Å². The Bertz CT molecular complexity index is 1750. The number of carbonyl (C=O) groups excluding carboxylic acids is 6. The van der Waals surface area contributed by atoms with Gasteiger partial charge in [-0.1, -0.05) is 10.3 Å². The SMILES string of the molecule is CO/N=C(\C(=O)NC1C(=O)N2C(C(=O)[O-])=CCS[C@H]12)c1csc(N)n1.CO/N=C(\C(=O)NC1C(=O)N2C(C(=O)[O-])=CCS[C@H]12)c1csc(N)n1.[Mg+2]. The molecule has 0 spiro atoms. The van der Waals surface area contributed by atoms with E-state index in [-0.39, 0.29) is 67.5 Å². The smallest absolute Gasteiger partial charge is 0.543 e. The Balaban J connectivity index is 0.000000224. The van der Waals surface area contributed by atoms with Crippen LogP contribution in [-0.2, 0) is 38.4 Å². The van der Waals surface area contributed by atoms with Gasteiger partial charge in [-0.3, -0.25) is 29.0 Å². The molecule has 2 aromatic heterocycles. The van der Waals surface area contributed by atoms with Crippen molar-refractivity contribution in [3.63, 3.8) is 0 Å². The number of fused-ring (bicyclic) bond motifs is 2. The Morgan fingerprint density at radius 2 is 1.16 bits per heavy atom. The van der Waals surface area contributed by atoms with E-state index in [0.717, 1.165) is 32.5 Å². The largest absolute Gasteiger partial charge is 2.00 e. The van der Waals surface area contributed by atoms with Crippen molar-refractivity contribution in [3.05, 3.63) is 45.7 Å². The Morgan fingerprint density at radius 3 is 1.45 bits per heavy atom. The number of oxime groups is 2. The third-order valence-corrected chi connectivity index (χ3v) is 10.7. The summed E-state index contributed by atoms with van der Waals surface area (Å²) >= 11 is 4.92. The van der Waals surface area contributed by atoms with Crippen molar-refractivity contribution in [2.75, 3.05) is 37.2 Å². The van der Waals surface area contributed by atoms with Gasteiger partial charge in [0.2, 0.25) is 0 Å². The van der Waals surface area contributed by atoms with E-state index in [1.807, 2.05) is 0 Å². The minimum absolute atomic E-state index is 0. The standard InChI is InChI=1S/2C13H13N5O5S2.Mg/c2*1-23-17-7(5-4-25-13(14)15-5)9(19)16-8-10(20)18-6(12(21)22)2-3-24-11(8)18;/h2*2,4,8,11H,3H2,1H3,(H2,14,15)(H,16,19)(H,21,22);/q;;+2/p-2/b2*17-7-;/t2*8?,11-;/m11./s1. The fourth-order valence-electron chi connectivity index (χ4n) is 4.86. The van der Waals surface area contributed by atoms with Gasteiger partial charge in [0.1, 0.15) is 48.4 Å². The summed E-state index contributed by atoms with van der Waals surface area (Å²) in [6.07, 6.45) is 2.81. The average molecular weight is 789 g/mol. The fourth-order valence-corrected chi connectivity index (χ4v) is 8.35. The van der Waals surface area contributed by atoms with Crippen molar-refractivity contribution >= 4 is 127 Å². The maximum atomic E-state index is 12.5. The quantitative estimate of drug-likeness (QED) is 0.0769. The number of thiazole rings is 2. The van der Waals surface area contributed by atoms with Gasteiger partial charge in [0.25, 0.3) is 23.6 Å². The number of nitrogens with zero attached hydrogens (tertiary/aromatic N) is 6. The van der Waals surface area contributed by atoms with Crippen LogP contribution in [-0.4, -0.2) is 138 Å². The molecule has 0 aromatic carbocycles. The van der Waals surface area contributed by atoms with Gasteiger partial charge in [0, 0.05) is 22.3 Å². The number of aliphatic carboxylic acids is 2. The van der Waals surface area contributed by atoms with Gasteiger partial charge in [-0.2, -0.15) is 0 Å². The molecule has 2 unspecified atom stereocenters. The first-order chi connectivity index (χ1) is 23.9. The average Bonchev–Trinajstić information content (AvgIpc) is 3.73. The Hall–Kier alpha value is -4.43. The third-order valence-electron chi connectivity index (χ3n) is 7.01. The van der Waals surface area contributed by atoms with E-state index < -0.39 is 58.4 Å². The molecule has 6 rings (SSSR count). The fraction of sp³-hybridized carbons (Fsp3) is 0.308. The molecule has 4 atom stereocenters. The molecule has 25 heteroatoms. The number of carboxylic acid groups (broad SMARTS) is 2. The summed E-state index contributed by atoms with van der Waals surface area (Å²) < 4.78 is 0. The van der Waals surface area contributed by atoms with E-state index in [1.165, 1.54) is 60.7 Å². The molecule has 0 radical (unpaired) electrons. The number of carboxylic acids is 2. The molecule has 264 valence electrons. The number of amides is 4. The minimum atomic E-state index is -1.43. The molecule has 0 bridgehead atoms. The summed E-state index contributed by atoms with van der Waals surface area (Å²) in [5.74, 6) is -4.47. The number of nitrogens with one attached hydrogen (secondary N) is 2. The normalized spacial score (nSPS) is 22.2. The van der Waals surface area contributed by atoms with Gasteiger partial charge in [-0.25, -0.2) is 9.97 Å². The summed E-state index contributed by atoms with van der Waals surface area (Å²) in [6.45, 7) is 0. The first-order valence-electron chi connectivity index (χ1n) is 13.9. The van der Waals surface area contributed by atoms with Crippen molar-refractivity contribution < 1.29 is 48.7 Å². The zero-order valence-electron chi connectivity index (χ0n) is 26.3. The van der Waals surface area contributed by atoms with Crippen LogP contribution < -0.4 is 32.3 Å². The van der Waals surface area contributed by atoms with Crippen molar-refractivity contribution in [1.29, 1.82) is 0 Å². The van der Waals surface area contributed by atoms with Crippen LogP contribution in [0.25, 0.3) is 0 Å². The Morgan fingerprint density at radius 1 is 0.784 bits per heavy atom. The van der Waals surface area contributed by atoms with Crippen LogP contribution in [0.2, 0.25) is 0 Å². The molecule has 0 saturated carbocycles. The second-order valence-electron chi connectivity index (χ2n) is 9.91. The number of thioether (sulfide) groups is 2. The van der Waals surface area contributed by atoms with Crippen LogP contribution in [0.1, 0.15) is 11.4 Å². The molecule has 2 fully saturated rings. The zero-order chi connectivity index (χ0) is 36.3. The van der Waals surface area contributed by atoms with Crippen LogP contribution >= 0.6 is 46.2 Å². The second kappa shape index (κ2) is 16.7. The zero-order valence-corrected chi connectivity index (χ0v) is 31.0. The van der Waals surface area contributed by atoms with Gasteiger partial charge >= 0.3 is 23.1 Å². The maximum absolute atomic E-state index is 12.5. The van der Waals surface area contributed by atoms with Crippen LogP contribution in [0.4, 0.5) is 10.3 Å². The molecule has 6 heterocycles. The number of hydrogen-bond donors (Lipinski definition) is 4. The predicted octanol–water partition coefficient (Wildman–Crippen LogP) is -4.16. The Labute approximate surface area is 319 Å². The van der Waals surface area contributed by atoms with E-state index in [2.05, 4.69) is 40.6 Å². The van der Waals surface area contributed by atoms with E-state index >= 15 is 0 Å². The molecule has 6 N–H and O–H groups in total. The molecule has 0 aliphatic carbocycles. The van der Waals surface area contributed by atoms with Crippen molar-refractivity contribution in [2.24, 2.45) is 10.3 Å². The number of carbonyl (C=O) groups is 6. The molecule has 4 aliphatic heterocycles. The monoisotopic (exact) mass is 788 g/mol. The van der Waals surface area contributed by atoms with Crippen LogP contribution in [0, 0.1) is 0 Å². The summed E-state index contributed by atoms with van der Waals surface area (Å²) in [5.41, 5.74) is 10.9. The number of nitrogen functional groups attached to an aromatic ring is 2. The number of β-lactam (4-membered cyclic amide) rings is 2. The molecule has 2 saturated heterocycles. The number of aromatic nitrogens is 2. The summed E-state index contributed by atoms with van der Waals surface area (Å²) in [6, 6.07) is -1.75. The van der Waals surface area contributed by atoms with E-state index in [1.54, 1.807) is 0 Å². The first-order valence-corrected chi connectivity index (χ1v) is 17.7. The summed E-state index contributed by atoms with van der Waals surface area (Å²) in [5, 5.41) is 37.1. The van der Waals surface area contributed by atoms with Crippen molar-refractivity contribution in [2.45, 2.75) is 22.8 Å². The number of rotatable bonds is 10. The van der Waals surface area contributed by atoms with Crippen molar-refractivity contribution in [1.82, 2.24) is 30.4 Å². The topological polar surface area (TPSA) is 300 Å². The van der Waals surface area contributed by atoms with Crippen molar-refractivity contribution in [3.8, 4) is 0 Å². The van der Waals surface area contributed by atoms with Gasteiger partial charge < -0.3 is 51.6 Å². The predicted molar refractivity (Wildman–Crippen MR) is 182 cm³/mol. The molecule has 20 nitrogen and oxygen atoms in total. The first kappa shape index (κ1) is 39.4. The second-order valence-corrected chi connectivity index (χ2v) is 14.0. The van der Waals surface area contributed by atoms with Gasteiger partial charge in [0.05, 0.1) is 23.3 Å². The van der Waals surface area contributed by atoms with Crippen LogP contribution in [0.5, 0.6) is 0 Å². The number of anilines is 2. The summed E-state index contributed by atoms with van der Waals surface area (Å²) in [7, 11) is 2.54. The molecule has 4 aliphatic rings. The number of nitrogens with two attached hydrogens (primary N) is 2. The van der Waals surface area contributed by atoms with E-state index in [9.17, 15) is 39.0 Å². The minimum Gasteiger partial charge on any atom is -0.543 e. The van der Waals surface area contributed by atoms with Gasteiger partial charge in [0.15, 0.2) is 21.7 Å². The molecule has 4 amide bonds. The van der Waals surface area contributed by atoms with Gasteiger partial charge in [-0.15, -0.1) is 46.2 Å².